The summed E-state index contributed by atoms with van der Waals surface area (Å²) < 4.78 is 33.2. The van der Waals surface area contributed by atoms with E-state index in [1.807, 2.05) is 25.7 Å². The number of carbonyl (C=O) groups is 1. The minimum Gasteiger partial charge on any atom is -0.438 e. The Morgan fingerprint density at radius 1 is 1.18 bits per heavy atom. The predicted molar refractivity (Wildman–Crippen MR) is 103 cm³/mol. The van der Waals surface area contributed by atoms with Crippen molar-refractivity contribution in [2.45, 2.75) is 39.7 Å². The molecule has 3 aromatic rings. The van der Waals surface area contributed by atoms with Crippen LogP contribution in [0.1, 0.15) is 45.5 Å². The van der Waals surface area contributed by atoms with Crippen molar-refractivity contribution in [2.75, 3.05) is 6.54 Å². The van der Waals surface area contributed by atoms with Gasteiger partial charge in [-0.3, -0.25) is 4.79 Å². The molecule has 0 bridgehead atoms. The van der Waals surface area contributed by atoms with Gasteiger partial charge in [0, 0.05) is 23.6 Å². The molecule has 0 aliphatic carbocycles. The highest BCUT2D eigenvalue weighted by molar-refractivity contribution is 5.83. The minimum absolute atomic E-state index is 0.0753. The summed E-state index contributed by atoms with van der Waals surface area (Å²) in [4.78, 5) is 19.2. The molecule has 28 heavy (non-hydrogen) atoms. The van der Waals surface area contributed by atoms with Gasteiger partial charge in [0.15, 0.2) is 5.58 Å². The van der Waals surface area contributed by atoms with Gasteiger partial charge in [0.1, 0.15) is 23.2 Å². The van der Waals surface area contributed by atoms with Crippen molar-refractivity contribution < 1.29 is 18.0 Å². The Morgan fingerprint density at radius 2 is 1.96 bits per heavy atom. The van der Waals surface area contributed by atoms with Gasteiger partial charge < -0.3 is 9.32 Å². The highest BCUT2D eigenvalue weighted by atomic mass is 19.1. The number of fused-ring (bicyclic) bond motifs is 1. The molecule has 0 saturated carbocycles. The lowest BCUT2D eigenvalue weighted by atomic mass is 9.94. The molecule has 146 valence electrons. The first-order valence-electron chi connectivity index (χ1n) is 9.41. The molecule has 1 aliphatic rings. The maximum absolute atomic E-state index is 14.1. The Morgan fingerprint density at radius 3 is 2.68 bits per heavy atom. The number of benzene rings is 2. The Hall–Kier alpha value is -2.76. The summed E-state index contributed by atoms with van der Waals surface area (Å²) in [5.41, 5.74) is 1.60. The molecule has 2 heterocycles. The van der Waals surface area contributed by atoms with Crippen molar-refractivity contribution in [2.24, 2.45) is 5.41 Å². The van der Waals surface area contributed by atoms with Crippen molar-refractivity contribution in [1.82, 2.24) is 9.88 Å². The Balaban J connectivity index is 1.69. The molecule has 1 saturated heterocycles. The van der Waals surface area contributed by atoms with E-state index in [1.165, 1.54) is 12.1 Å². The van der Waals surface area contributed by atoms with Crippen LogP contribution in [-0.4, -0.2) is 22.3 Å². The molecule has 0 radical (unpaired) electrons. The Labute approximate surface area is 162 Å². The average molecular weight is 384 g/mol. The van der Waals surface area contributed by atoms with Gasteiger partial charge in [-0.1, -0.05) is 26.8 Å². The highest BCUT2D eigenvalue weighted by Gasteiger charge is 2.38. The van der Waals surface area contributed by atoms with Crippen molar-refractivity contribution in [1.29, 1.82) is 0 Å². The third-order valence-corrected chi connectivity index (χ3v) is 5.09. The lowest BCUT2D eigenvalue weighted by Crippen LogP contribution is -2.39. The Kier molecular flexibility index (Phi) is 4.44. The number of hydrogen-bond acceptors (Lipinski definition) is 3. The first-order valence-corrected chi connectivity index (χ1v) is 9.41. The number of aromatic nitrogens is 1. The van der Waals surface area contributed by atoms with Crippen LogP contribution in [0.5, 0.6) is 0 Å². The third-order valence-electron chi connectivity index (χ3n) is 5.09. The number of amides is 1. The molecule has 1 aromatic heterocycles. The number of oxazole rings is 1. The number of carbonyl (C=O) groups excluding carboxylic acids is 1. The molecule has 0 unspecified atom stereocenters. The van der Waals surface area contributed by atoms with E-state index in [0.29, 0.717) is 34.7 Å². The van der Waals surface area contributed by atoms with Crippen LogP contribution < -0.4 is 0 Å². The fourth-order valence-electron chi connectivity index (χ4n) is 3.68. The number of halogens is 2. The fourth-order valence-corrected chi connectivity index (χ4v) is 3.68. The maximum Gasteiger partial charge on any atom is 0.228 e. The average Bonchev–Trinajstić information content (AvgIpc) is 3.26. The van der Waals surface area contributed by atoms with E-state index >= 15 is 0 Å². The van der Waals surface area contributed by atoms with E-state index in [1.54, 1.807) is 18.2 Å². The summed E-state index contributed by atoms with van der Waals surface area (Å²) in [5.74, 6) is -0.662. The lowest BCUT2D eigenvalue weighted by molar-refractivity contribution is -0.140. The molecular formula is C22H22F2N2O2. The maximum atomic E-state index is 14.1. The largest absolute Gasteiger partial charge is 0.438 e. The summed E-state index contributed by atoms with van der Waals surface area (Å²) in [5, 5.41) is 0. The summed E-state index contributed by atoms with van der Waals surface area (Å²) in [6.45, 7) is 6.40. The quantitative estimate of drug-likeness (QED) is 0.587. The number of likely N-dealkylation sites (tertiary alicyclic amines) is 1. The normalized spacial score (nSPS) is 17.5. The predicted octanol–water partition coefficient (Wildman–Crippen LogP) is 5.48. The van der Waals surface area contributed by atoms with Crippen molar-refractivity contribution >= 4 is 17.0 Å². The van der Waals surface area contributed by atoms with Crippen LogP contribution >= 0.6 is 0 Å². The van der Waals surface area contributed by atoms with E-state index in [4.69, 9.17) is 4.42 Å². The molecule has 6 heteroatoms. The zero-order valence-corrected chi connectivity index (χ0v) is 16.1. The van der Waals surface area contributed by atoms with Crippen molar-refractivity contribution in [3.63, 3.8) is 0 Å². The lowest BCUT2D eigenvalue weighted by Gasteiger charge is -2.29. The SMILES string of the molecule is CC(C)(C)C(=O)N1CCC[C@H]1c1nc2cc(-c3ccc(F)cc3F)ccc2o1. The van der Waals surface area contributed by atoms with Crippen molar-refractivity contribution in [3.8, 4) is 11.1 Å². The van der Waals surface area contributed by atoms with Gasteiger partial charge in [-0.2, -0.15) is 0 Å². The second-order valence-electron chi connectivity index (χ2n) is 8.27. The van der Waals surface area contributed by atoms with Gasteiger partial charge in [0.2, 0.25) is 11.8 Å². The van der Waals surface area contributed by atoms with E-state index in [-0.39, 0.29) is 11.9 Å². The number of nitrogens with zero attached hydrogens (tertiary/aromatic N) is 2. The molecule has 2 aromatic carbocycles. The monoisotopic (exact) mass is 384 g/mol. The summed E-state index contributed by atoms with van der Waals surface area (Å²) in [6.07, 6.45) is 1.70. The van der Waals surface area contributed by atoms with E-state index in [0.717, 1.165) is 18.9 Å². The molecule has 1 aliphatic heterocycles. The summed E-state index contributed by atoms with van der Waals surface area (Å²) in [7, 11) is 0. The zero-order chi connectivity index (χ0) is 20.1. The van der Waals surface area contributed by atoms with Crippen LogP contribution in [0.4, 0.5) is 8.78 Å². The summed E-state index contributed by atoms with van der Waals surface area (Å²) >= 11 is 0. The number of rotatable bonds is 2. The zero-order valence-electron chi connectivity index (χ0n) is 16.1. The van der Waals surface area contributed by atoms with Crippen molar-refractivity contribution in [3.05, 3.63) is 53.9 Å². The second-order valence-corrected chi connectivity index (χ2v) is 8.27. The van der Waals surface area contributed by atoms with Crippen LogP contribution in [-0.2, 0) is 4.79 Å². The van der Waals surface area contributed by atoms with Gasteiger partial charge in [-0.05, 0) is 42.7 Å². The van der Waals surface area contributed by atoms with Gasteiger partial charge >= 0.3 is 0 Å². The van der Waals surface area contributed by atoms with E-state index in [2.05, 4.69) is 4.98 Å². The third kappa shape index (κ3) is 3.28. The van der Waals surface area contributed by atoms with E-state index in [9.17, 15) is 13.6 Å². The van der Waals surface area contributed by atoms with Gasteiger partial charge in [-0.25, -0.2) is 13.8 Å². The van der Waals surface area contributed by atoms with Gasteiger partial charge in [0.05, 0.1) is 0 Å². The van der Waals surface area contributed by atoms with Crippen LogP contribution in [0.3, 0.4) is 0 Å². The topological polar surface area (TPSA) is 46.3 Å². The smallest absolute Gasteiger partial charge is 0.228 e. The fraction of sp³-hybridized carbons (Fsp3) is 0.364. The molecular weight excluding hydrogens is 362 g/mol. The van der Waals surface area contributed by atoms with Gasteiger partial charge in [0.25, 0.3) is 0 Å². The van der Waals surface area contributed by atoms with Gasteiger partial charge in [-0.15, -0.1) is 0 Å². The highest BCUT2D eigenvalue weighted by Crippen LogP contribution is 2.37. The van der Waals surface area contributed by atoms with E-state index < -0.39 is 17.0 Å². The first-order chi connectivity index (χ1) is 13.2. The summed E-state index contributed by atoms with van der Waals surface area (Å²) in [6, 6.07) is 8.49. The Bertz CT molecular complexity index is 1050. The second kappa shape index (κ2) is 6.69. The number of hydrogen-bond donors (Lipinski definition) is 0. The van der Waals surface area contributed by atoms with Crippen LogP contribution in [0, 0.1) is 17.0 Å². The molecule has 1 amide bonds. The standard InChI is InChI=1S/C22H22F2N2O2/c1-22(2,3)21(27)26-10-4-5-18(26)20-25-17-11-13(6-9-19(17)28-20)15-8-7-14(23)12-16(15)24/h6-9,11-12,18H,4-5,10H2,1-3H3/t18-/m0/s1. The molecule has 0 spiro atoms. The molecule has 4 rings (SSSR count). The minimum atomic E-state index is -0.624. The first kappa shape index (κ1) is 18.6. The van der Waals surface area contributed by atoms with Crippen LogP contribution in [0.25, 0.3) is 22.2 Å². The molecule has 4 nitrogen and oxygen atoms in total. The molecule has 0 N–H and O–H groups in total. The van der Waals surface area contributed by atoms with Crippen LogP contribution in [0.2, 0.25) is 0 Å². The van der Waals surface area contributed by atoms with Crippen LogP contribution in [0.15, 0.2) is 40.8 Å². The molecule has 1 fully saturated rings. The molecule has 1 atom stereocenters.